The van der Waals surface area contributed by atoms with Crippen LogP contribution in [0.5, 0.6) is 0 Å². The van der Waals surface area contributed by atoms with E-state index in [1.54, 1.807) is 18.4 Å². The van der Waals surface area contributed by atoms with Crippen molar-refractivity contribution in [1.29, 1.82) is 0 Å². The highest BCUT2D eigenvalue weighted by atomic mass is 32.1. The van der Waals surface area contributed by atoms with Gasteiger partial charge in [0.05, 0.1) is 25.9 Å². The molecule has 2 aliphatic rings. The van der Waals surface area contributed by atoms with Gasteiger partial charge in [-0.2, -0.15) is 12.6 Å². The lowest BCUT2D eigenvalue weighted by Crippen LogP contribution is -2.65. The average Bonchev–Trinajstić information content (AvgIpc) is 3.20. The van der Waals surface area contributed by atoms with Gasteiger partial charge >= 0.3 is 23.9 Å². The van der Waals surface area contributed by atoms with Crippen LogP contribution in [0.1, 0.15) is 45.4 Å². The van der Waals surface area contributed by atoms with E-state index >= 15 is 0 Å². The molecule has 1 aliphatic carbocycles. The third-order valence-electron chi connectivity index (χ3n) is 8.60. The molecule has 15 N–H and O–H groups in total. The van der Waals surface area contributed by atoms with E-state index < -0.39 is 134 Å². The number of thiol groups is 1. The molecule has 6 atom stereocenters. The molecule has 0 saturated carbocycles. The number of amides is 7. The lowest BCUT2D eigenvalue weighted by Gasteiger charge is -2.32. The second kappa shape index (κ2) is 25.7. The van der Waals surface area contributed by atoms with Crippen molar-refractivity contribution in [3.8, 4) is 0 Å². The fourth-order valence-electron chi connectivity index (χ4n) is 5.47. The van der Waals surface area contributed by atoms with Crippen LogP contribution in [-0.2, 0) is 52.7 Å². The van der Waals surface area contributed by atoms with Gasteiger partial charge in [-0.15, -0.1) is 0 Å². The number of carboxylic acids is 4. The number of aliphatic imine (C=N–C) groups is 2. The van der Waals surface area contributed by atoms with Crippen LogP contribution in [0.15, 0.2) is 45.3 Å². The first-order valence-electron chi connectivity index (χ1n) is 19.0. The first-order valence-corrected chi connectivity index (χ1v) is 19.7. The van der Waals surface area contributed by atoms with Crippen molar-refractivity contribution >= 4 is 90.8 Å². The summed E-state index contributed by atoms with van der Waals surface area (Å²) in [4.78, 5) is 141. The lowest BCUT2D eigenvalue weighted by molar-refractivity contribution is -0.142. The number of carbonyl (C=O) groups is 11. The second-order valence-corrected chi connectivity index (χ2v) is 14.3. The molecule has 0 aromatic rings. The zero-order valence-electron chi connectivity index (χ0n) is 34.2. The highest BCUT2D eigenvalue weighted by molar-refractivity contribution is 7.80. The van der Waals surface area contributed by atoms with Crippen LogP contribution >= 0.6 is 12.6 Å². The van der Waals surface area contributed by atoms with Crippen LogP contribution in [0.25, 0.3) is 0 Å². The minimum atomic E-state index is -1.80. The van der Waals surface area contributed by atoms with E-state index in [1.807, 2.05) is 16.0 Å². The third-order valence-corrected chi connectivity index (χ3v) is 8.96. The predicted octanol–water partition coefficient (Wildman–Crippen LogP) is -5.49. The zero-order chi connectivity index (χ0) is 48.1. The van der Waals surface area contributed by atoms with Crippen LogP contribution in [-0.4, -0.2) is 160 Å². The summed E-state index contributed by atoms with van der Waals surface area (Å²) in [7, 11) is 0. The average molecular weight is 923 g/mol. The van der Waals surface area contributed by atoms with Gasteiger partial charge in [-0.3, -0.25) is 53.9 Å². The molecule has 0 spiro atoms. The zero-order valence-corrected chi connectivity index (χ0v) is 35.1. The number of nitrogens with one attached hydrogen (secondary N) is 9. The molecule has 2 unspecified atom stereocenters. The Morgan fingerprint density at radius 3 is 1.89 bits per heavy atom. The second-order valence-electron chi connectivity index (χ2n) is 14.0. The van der Waals surface area contributed by atoms with E-state index in [9.17, 15) is 68.1 Å². The summed E-state index contributed by atoms with van der Waals surface area (Å²) in [5, 5.41) is 58.3. The fourth-order valence-corrected chi connectivity index (χ4v) is 5.72. The Morgan fingerprint density at radius 2 is 1.41 bits per heavy atom. The Kier molecular flexibility index (Phi) is 21.2. The maximum absolute atomic E-state index is 12.9. The molecule has 27 nitrogen and oxygen atoms in total. The van der Waals surface area contributed by atoms with Gasteiger partial charge in [0.1, 0.15) is 24.2 Å². The van der Waals surface area contributed by atoms with Crippen molar-refractivity contribution in [3.63, 3.8) is 0 Å². The van der Waals surface area contributed by atoms with E-state index in [4.69, 9.17) is 10.8 Å². The smallest absolute Gasteiger partial charge is 0.327 e. The van der Waals surface area contributed by atoms with Crippen molar-refractivity contribution in [1.82, 2.24) is 47.9 Å². The Morgan fingerprint density at radius 1 is 0.859 bits per heavy atom. The largest absolute Gasteiger partial charge is 0.481 e. The van der Waals surface area contributed by atoms with Crippen LogP contribution in [0.4, 0.5) is 0 Å². The number of carbonyl (C=O) groups excluding carboxylic acids is 7. The molecule has 64 heavy (non-hydrogen) atoms. The molecule has 1 aliphatic heterocycles. The van der Waals surface area contributed by atoms with Crippen molar-refractivity contribution in [2.24, 2.45) is 15.7 Å². The highest BCUT2D eigenvalue weighted by Crippen LogP contribution is 2.14. The maximum atomic E-state index is 12.9. The molecule has 28 heteroatoms. The molecule has 7 amide bonds. The van der Waals surface area contributed by atoms with Crippen LogP contribution in [0, 0.1) is 0 Å². The maximum Gasteiger partial charge on any atom is 0.327 e. The molecular weight excluding hydrogens is 873 g/mol. The molecule has 350 valence electrons. The predicted molar refractivity (Wildman–Crippen MR) is 224 cm³/mol. The number of hydrogen-bond donors (Lipinski definition) is 15. The Balaban J connectivity index is 1.88. The first kappa shape index (κ1) is 52.9. The quantitative estimate of drug-likeness (QED) is 0.0208. The summed E-state index contributed by atoms with van der Waals surface area (Å²) in [5.74, 6) is -14.2. The van der Waals surface area contributed by atoms with Crippen LogP contribution in [0.2, 0.25) is 0 Å². The number of carboxylic acid groups (broad SMARTS) is 4. The van der Waals surface area contributed by atoms with Gasteiger partial charge in [-0.25, -0.2) is 14.6 Å². The van der Waals surface area contributed by atoms with Gasteiger partial charge in [0.25, 0.3) is 11.8 Å². The number of rotatable bonds is 27. The summed E-state index contributed by atoms with van der Waals surface area (Å²) < 4.78 is 0. The number of nitrogens with two attached hydrogens (primary N) is 1. The Bertz CT molecular complexity index is 1990. The number of aliphatic carboxylic acids is 4. The normalized spacial score (nSPS) is 18.6. The number of hydrogen-bond acceptors (Lipinski definition) is 17. The van der Waals surface area contributed by atoms with E-state index in [2.05, 4.69) is 61.2 Å². The molecule has 0 aromatic carbocycles. The number of nitrogens with zero attached hydrogens (tertiary/aromatic N) is 2. The molecular formula is C36H50N12O15S. The van der Waals surface area contributed by atoms with Crippen LogP contribution < -0.4 is 53.6 Å². The standard InChI is InChI=1S/C36H50N12O15S/c1-36(37)47-29(28(38-2)33(59)48-36)40-11-3-10-39-18-6-4-17(5-7-18)30(56)46-19(34(60)61)8-9-23(49)43-20(12-26(52)53)31(57)41-14-24(50)44-21(13-27(54)55)32(58)42-15-25(51)45-22(16-64)35(62)63/h4-6,11,18-22,39,47,64H,2-3,7-10,12-16,37H2,1H3,(H,41,57)(H,42,58)(H,43,49)(H,44,50)(H,45,51)(H,46,56)(H,48,59)(H,52,53)(H,54,55)(H,60,61)(H,62,63)/b40-11-/t18?,19-,20-,21-,22-,36?/m0/s1. The Hall–Kier alpha value is -7.20. The third kappa shape index (κ3) is 18.8. The summed E-state index contributed by atoms with van der Waals surface area (Å²) in [6.07, 6.45) is 3.95. The highest BCUT2D eigenvalue weighted by Gasteiger charge is 2.32. The SMILES string of the molecule is C=NC1=C(/N=C\CCNC2C=CC(C(=O)N[C@@H](CCC(=O)N[C@@H](CC(=O)O)C(=O)NCC(=O)N[C@@H](CC(=O)O)C(=O)NCC(=O)N[C@@H](CS)C(=O)O)C(=O)O)=CC2)NC(C)(N)NC1=O. The summed E-state index contributed by atoms with van der Waals surface area (Å²) in [5.41, 5.74) is 6.04. The topological polar surface area (TPSA) is 428 Å². The molecule has 0 aromatic heterocycles. The van der Waals surface area contributed by atoms with Crippen LogP contribution in [0.3, 0.4) is 0 Å². The first-order chi connectivity index (χ1) is 30.0. The van der Waals surface area contributed by atoms with Gasteiger partial charge in [0, 0.05) is 36.5 Å². The van der Waals surface area contributed by atoms with E-state index in [0.29, 0.717) is 19.4 Å². The van der Waals surface area contributed by atoms with Crippen molar-refractivity contribution in [2.45, 2.75) is 81.4 Å². The van der Waals surface area contributed by atoms with Gasteiger partial charge in [0.15, 0.2) is 17.3 Å². The van der Waals surface area contributed by atoms with E-state index in [1.165, 1.54) is 13.0 Å². The molecule has 2 rings (SSSR count). The molecule has 0 bridgehead atoms. The fraction of sp³-hybridized carbons (Fsp3) is 0.472. The lowest BCUT2D eigenvalue weighted by atomic mass is 10.0. The molecule has 1 heterocycles. The molecule has 0 fully saturated rings. The van der Waals surface area contributed by atoms with E-state index in [-0.39, 0.29) is 28.9 Å². The minimum Gasteiger partial charge on any atom is -0.481 e. The van der Waals surface area contributed by atoms with E-state index in [0.717, 1.165) is 0 Å². The van der Waals surface area contributed by atoms with Gasteiger partial charge < -0.3 is 68.3 Å². The van der Waals surface area contributed by atoms with Crippen molar-refractivity contribution in [2.75, 3.05) is 25.4 Å². The summed E-state index contributed by atoms with van der Waals surface area (Å²) in [6.45, 7) is 3.57. The minimum absolute atomic E-state index is 0.0210. The monoisotopic (exact) mass is 922 g/mol. The van der Waals surface area contributed by atoms with Crippen molar-refractivity contribution < 1.29 is 73.2 Å². The molecule has 0 saturated heterocycles. The van der Waals surface area contributed by atoms with Gasteiger partial charge in [-0.05, 0) is 32.9 Å². The van der Waals surface area contributed by atoms with Gasteiger partial charge in [-0.1, -0.05) is 18.2 Å². The molecule has 0 radical (unpaired) electrons. The summed E-state index contributed by atoms with van der Waals surface area (Å²) >= 11 is 3.78. The van der Waals surface area contributed by atoms with Gasteiger partial charge in [0.2, 0.25) is 29.5 Å². The summed E-state index contributed by atoms with van der Waals surface area (Å²) in [6, 6.07) is -6.77. The Labute approximate surface area is 369 Å². The van der Waals surface area contributed by atoms with Crippen molar-refractivity contribution in [3.05, 3.63) is 35.3 Å².